The third-order valence-electron chi connectivity index (χ3n) is 6.44. The summed E-state index contributed by atoms with van der Waals surface area (Å²) in [6.07, 6.45) is 8.30. The van der Waals surface area contributed by atoms with Gasteiger partial charge in [0.2, 0.25) is 0 Å². The van der Waals surface area contributed by atoms with Gasteiger partial charge in [0.05, 0.1) is 18.1 Å². The van der Waals surface area contributed by atoms with Crippen LogP contribution in [0, 0.1) is 24.0 Å². The van der Waals surface area contributed by atoms with Gasteiger partial charge in [-0.15, -0.1) is 6.42 Å². The first-order chi connectivity index (χ1) is 16.1. The molecular weight excluding hydrogens is 424 g/mol. The molecule has 3 aliphatic heterocycles. The van der Waals surface area contributed by atoms with Crippen LogP contribution in [0.3, 0.4) is 0 Å². The highest BCUT2D eigenvalue weighted by atomic mass is 19.1. The second-order valence-electron chi connectivity index (χ2n) is 8.39. The maximum absolute atomic E-state index is 16.0. The Hall–Kier alpha value is -3.83. The van der Waals surface area contributed by atoms with E-state index < -0.39 is 11.6 Å². The first-order valence-electron chi connectivity index (χ1n) is 10.7. The number of halogens is 2. The van der Waals surface area contributed by atoms with Gasteiger partial charge >= 0.3 is 6.01 Å². The molecule has 7 rings (SSSR count). The van der Waals surface area contributed by atoms with Crippen molar-refractivity contribution in [2.45, 2.75) is 18.5 Å². The van der Waals surface area contributed by atoms with Crippen molar-refractivity contribution >= 4 is 27.5 Å². The van der Waals surface area contributed by atoms with Gasteiger partial charge in [0.15, 0.2) is 5.82 Å². The SMILES string of the molecule is C#Cc1c(F)ccc2cccc(-c3ncc4c(N5CC6CC(C5)N6)nc(OC)nc4c3F)c12. The molecule has 0 amide bonds. The largest absolute Gasteiger partial charge is 0.467 e. The average molecular weight is 443 g/mol. The van der Waals surface area contributed by atoms with Crippen LogP contribution in [0.2, 0.25) is 0 Å². The average Bonchev–Trinajstić information content (AvgIpc) is 2.83. The summed E-state index contributed by atoms with van der Waals surface area (Å²) in [6, 6.07) is 9.05. The molecular formula is C25H19F2N5O. The Bertz CT molecular complexity index is 1470. The molecule has 4 aromatic rings. The van der Waals surface area contributed by atoms with Gasteiger partial charge in [-0.2, -0.15) is 9.97 Å². The third-order valence-corrected chi connectivity index (χ3v) is 6.44. The molecule has 3 aliphatic rings. The van der Waals surface area contributed by atoms with E-state index in [9.17, 15) is 4.39 Å². The van der Waals surface area contributed by atoms with Crippen molar-refractivity contribution in [2.24, 2.45) is 0 Å². The third kappa shape index (κ3) is 3.00. The number of anilines is 1. The van der Waals surface area contributed by atoms with Crippen molar-refractivity contribution in [3.8, 4) is 29.6 Å². The van der Waals surface area contributed by atoms with Crippen molar-refractivity contribution in [2.75, 3.05) is 25.1 Å². The summed E-state index contributed by atoms with van der Waals surface area (Å²) in [5.74, 6) is 1.83. The molecule has 0 saturated carbocycles. The van der Waals surface area contributed by atoms with Crippen LogP contribution in [-0.2, 0) is 0 Å². The molecule has 3 fully saturated rings. The number of benzene rings is 2. The second kappa shape index (κ2) is 7.36. The number of nitrogens with one attached hydrogen (secondary N) is 1. The van der Waals surface area contributed by atoms with Gasteiger partial charge in [-0.1, -0.05) is 30.2 Å². The summed E-state index contributed by atoms with van der Waals surface area (Å²) >= 11 is 0. The van der Waals surface area contributed by atoms with E-state index in [1.54, 1.807) is 30.5 Å². The molecule has 164 valence electrons. The molecule has 33 heavy (non-hydrogen) atoms. The molecule has 8 heteroatoms. The summed E-state index contributed by atoms with van der Waals surface area (Å²) < 4.78 is 35.7. The van der Waals surface area contributed by atoms with Crippen LogP contribution in [0.25, 0.3) is 32.9 Å². The van der Waals surface area contributed by atoms with Gasteiger partial charge in [0, 0.05) is 42.3 Å². The molecule has 2 unspecified atom stereocenters. The van der Waals surface area contributed by atoms with Crippen LogP contribution < -0.4 is 15.0 Å². The zero-order chi connectivity index (χ0) is 22.7. The van der Waals surface area contributed by atoms with Gasteiger partial charge in [-0.3, -0.25) is 4.98 Å². The molecule has 6 nitrogen and oxygen atoms in total. The van der Waals surface area contributed by atoms with Crippen molar-refractivity contribution in [3.05, 3.63) is 53.7 Å². The zero-order valence-corrected chi connectivity index (χ0v) is 17.8. The maximum Gasteiger partial charge on any atom is 0.318 e. The highest BCUT2D eigenvalue weighted by molar-refractivity contribution is 6.02. The number of nitrogens with zero attached hydrogens (tertiary/aromatic N) is 4. The summed E-state index contributed by atoms with van der Waals surface area (Å²) in [6.45, 7) is 1.53. The van der Waals surface area contributed by atoms with Crippen LogP contribution in [0.4, 0.5) is 14.6 Å². The lowest BCUT2D eigenvalue weighted by Crippen LogP contribution is -2.67. The molecule has 5 heterocycles. The Balaban J connectivity index is 1.59. The number of piperidine rings is 1. The van der Waals surface area contributed by atoms with Crippen molar-refractivity contribution in [3.63, 3.8) is 0 Å². The highest BCUT2D eigenvalue weighted by Gasteiger charge is 2.38. The molecule has 3 saturated heterocycles. The molecule has 0 spiro atoms. The molecule has 2 atom stereocenters. The summed E-state index contributed by atoms with van der Waals surface area (Å²) in [5, 5.41) is 5.12. The summed E-state index contributed by atoms with van der Waals surface area (Å²) in [4.78, 5) is 15.4. The summed E-state index contributed by atoms with van der Waals surface area (Å²) in [7, 11) is 1.45. The lowest BCUT2D eigenvalue weighted by molar-refractivity contribution is 0.225. The fraction of sp³-hybridized carbons (Fsp3) is 0.240. The molecule has 2 aromatic carbocycles. The number of hydrogen-bond donors (Lipinski definition) is 1. The predicted molar refractivity (Wildman–Crippen MR) is 122 cm³/mol. The molecule has 2 bridgehead atoms. The monoisotopic (exact) mass is 443 g/mol. The Labute approximate surface area is 188 Å². The fourth-order valence-corrected chi connectivity index (χ4v) is 4.92. The normalized spacial score (nSPS) is 19.4. The quantitative estimate of drug-likeness (QED) is 0.488. The second-order valence-corrected chi connectivity index (χ2v) is 8.39. The van der Waals surface area contributed by atoms with Gasteiger partial charge in [0.25, 0.3) is 0 Å². The number of methoxy groups -OCH3 is 1. The van der Waals surface area contributed by atoms with E-state index >= 15 is 4.39 Å². The van der Waals surface area contributed by atoms with Crippen molar-refractivity contribution < 1.29 is 13.5 Å². The number of pyridine rings is 1. The number of rotatable bonds is 3. The molecule has 0 aliphatic carbocycles. The number of piperazine rings is 1. The molecule has 1 N–H and O–H groups in total. The minimum absolute atomic E-state index is 0.0464. The minimum Gasteiger partial charge on any atom is -0.467 e. The Morgan fingerprint density at radius 3 is 2.67 bits per heavy atom. The first kappa shape index (κ1) is 19.8. The van der Waals surface area contributed by atoms with E-state index in [1.807, 2.05) is 0 Å². The minimum atomic E-state index is -0.630. The lowest BCUT2D eigenvalue weighted by atomic mass is 9.91. The van der Waals surface area contributed by atoms with Crippen LogP contribution in [-0.4, -0.2) is 47.2 Å². The number of aromatic nitrogens is 3. The highest BCUT2D eigenvalue weighted by Crippen LogP contribution is 2.37. The van der Waals surface area contributed by atoms with E-state index in [0.717, 1.165) is 19.5 Å². The van der Waals surface area contributed by atoms with Gasteiger partial charge < -0.3 is 15.0 Å². The van der Waals surface area contributed by atoms with Crippen molar-refractivity contribution in [1.29, 1.82) is 0 Å². The van der Waals surface area contributed by atoms with E-state index in [-0.39, 0.29) is 22.8 Å². The molecule has 2 aromatic heterocycles. The number of ether oxygens (including phenoxy) is 1. The standard InChI is InChI=1S/C25H19F2N5O/c1-3-16-19(26)8-7-13-5-4-6-17(20(13)16)22-21(27)23-18(10-28-22)24(31-25(30-23)33-2)32-11-14-9-15(12-32)29-14/h1,4-8,10,14-15,29H,9,11-12H2,2H3. The summed E-state index contributed by atoms with van der Waals surface area (Å²) in [5.41, 5.74) is 0.627. The van der Waals surface area contributed by atoms with E-state index in [0.29, 0.717) is 39.6 Å². The van der Waals surface area contributed by atoms with Crippen LogP contribution in [0.15, 0.2) is 36.5 Å². The maximum atomic E-state index is 16.0. The van der Waals surface area contributed by atoms with Crippen LogP contribution >= 0.6 is 0 Å². The van der Waals surface area contributed by atoms with Crippen LogP contribution in [0.1, 0.15) is 12.0 Å². The molecule has 0 radical (unpaired) electrons. The predicted octanol–water partition coefficient (Wildman–Crippen LogP) is 3.66. The van der Waals surface area contributed by atoms with Crippen molar-refractivity contribution in [1.82, 2.24) is 20.3 Å². The van der Waals surface area contributed by atoms with Crippen LogP contribution in [0.5, 0.6) is 6.01 Å². The Morgan fingerprint density at radius 1 is 1.15 bits per heavy atom. The van der Waals surface area contributed by atoms with Gasteiger partial charge in [-0.25, -0.2) is 8.78 Å². The topological polar surface area (TPSA) is 63.2 Å². The lowest BCUT2D eigenvalue weighted by Gasteiger charge is -2.48. The van der Waals surface area contributed by atoms with E-state index in [4.69, 9.17) is 11.2 Å². The smallest absolute Gasteiger partial charge is 0.318 e. The van der Waals surface area contributed by atoms with Gasteiger partial charge in [0.1, 0.15) is 22.8 Å². The van der Waals surface area contributed by atoms with Gasteiger partial charge in [-0.05, 0) is 17.9 Å². The zero-order valence-electron chi connectivity index (χ0n) is 17.8. The fourth-order valence-electron chi connectivity index (χ4n) is 4.92. The number of fused-ring (bicyclic) bond motifs is 4. The Morgan fingerprint density at radius 2 is 1.94 bits per heavy atom. The first-order valence-corrected chi connectivity index (χ1v) is 10.7. The van der Waals surface area contributed by atoms with E-state index in [2.05, 4.69) is 31.1 Å². The Kier molecular flexibility index (Phi) is 4.42. The number of hydrogen-bond acceptors (Lipinski definition) is 6. The number of terminal acetylenes is 1. The van der Waals surface area contributed by atoms with E-state index in [1.165, 1.54) is 13.2 Å².